The number of benzene rings is 2. The van der Waals surface area contributed by atoms with Crippen molar-refractivity contribution in [3.05, 3.63) is 41.5 Å². The molecule has 0 saturated carbocycles. The summed E-state index contributed by atoms with van der Waals surface area (Å²) in [5.41, 5.74) is 1.24. The van der Waals surface area contributed by atoms with Crippen LogP contribution in [-0.2, 0) is 4.74 Å². The first kappa shape index (κ1) is 29.3. The predicted octanol–water partition coefficient (Wildman–Crippen LogP) is 5.61. The Morgan fingerprint density at radius 3 is 2.48 bits per heavy atom. The molecule has 0 spiro atoms. The molecule has 14 heteroatoms. The van der Waals surface area contributed by atoms with Crippen LogP contribution in [-0.4, -0.2) is 69.7 Å². The highest BCUT2D eigenvalue weighted by molar-refractivity contribution is 7.21. The number of anilines is 4. The first-order chi connectivity index (χ1) is 21.4. The van der Waals surface area contributed by atoms with Crippen LogP contribution in [0, 0.1) is 0 Å². The van der Waals surface area contributed by atoms with Gasteiger partial charge in [-0.2, -0.15) is 0 Å². The van der Waals surface area contributed by atoms with Crippen LogP contribution in [0.5, 0.6) is 28.7 Å². The predicted molar refractivity (Wildman–Crippen MR) is 165 cm³/mol. The summed E-state index contributed by atoms with van der Waals surface area (Å²) in [4.78, 5) is 38.1. The Morgan fingerprint density at radius 2 is 1.80 bits per heavy atom. The molecule has 2 aromatic heterocycles. The van der Waals surface area contributed by atoms with Gasteiger partial charge in [-0.1, -0.05) is 0 Å². The van der Waals surface area contributed by atoms with E-state index in [1.54, 1.807) is 30.3 Å². The van der Waals surface area contributed by atoms with E-state index in [2.05, 4.69) is 20.6 Å². The van der Waals surface area contributed by atoms with Gasteiger partial charge in [-0.05, 0) is 31.4 Å². The van der Waals surface area contributed by atoms with E-state index in [-0.39, 0.29) is 11.0 Å². The normalized spacial score (nSPS) is 15.9. The number of ether oxygens (including phenoxy) is 6. The van der Waals surface area contributed by atoms with Crippen LogP contribution in [0.2, 0.25) is 0 Å². The van der Waals surface area contributed by atoms with Crippen molar-refractivity contribution in [2.75, 3.05) is 57.2 Å². The maximum Gasteiger partial charge on any atom is 0.332 e. The minimum Gasteiger partial charge on any atom is -0.493 e. The molecule has 1 unspecified atom stereocenters. The first-order valence-electron chi connectivity index (χ1n) is 13.9. The zero-order chi connectivity index (χ0) is 30.8. The van der Waals surface area contributed by atoms with Gasteiger partial charge in [0.2, 0.25) is 5.75 Å². The average molecular weight is 622 g/mol. The van der Waals surface area contributed by atoms with Crippen LogP contribution >= 0.6 is 11.3 Å². The summed E-state index contributed by atoms with van der Waals surface area (Å²) in [5, 5.41) is 6.28. The molecule has 0 aliphatic carbocycles. The Kier molecular flexibility index (Phi) is 8.26. The van der Waals surface area contributed by atoms with E-state index < -0.39 is 11.9 Å². The van der Waals surface area contributed by atoms with E-state index in [1.807, 2.05) is 0 Å². The van der Waals surface area contributed by atoms with Gasteiger partial charge in [0, 0.05) is 30.5 Å². The molecular formula is C30H31N5O8S. The summed E-state index contributed by atoms with van der Waals surface area (Å²) in [6.07, 6.45) is 4.54. The smallest absolute Gasteiger partial charge is 0.332 e. The molecule has 1 fully saturated rings. The van der Waals surface area contributed by atoms with E-state index in [0.29, 0.717) is 68.5 Å². The van der Waals surface area contributed by atoms with Crippen LogP contribution in [0.1, 0.15) is 28.9 Å². The summed E-state index contributed by atoms with van der Waals surface area (Å²) in [5.74, 6) is 2.02. The van der Waals surface area contributed by atoms with E-state index in [4.69, 9.17) is 28.4 Å². The molecule has 3 amide bonds. The second-order valence-electron chi connectivity index (χ2n) is 9.95. The second kappa shape index (κ2) is 12.4. The average Bonchev–Trinajstić information content (AvgIpc) is 3.43. The zero-order valence-corrected chi connectivity index (χ0v) is 25.4. The lowest BCUT2D eigenvalue weighted by atomic mass is 10.1. The van der Waals surface area contributed by atoms with Crippen molar-refractivity contribution >= 4 is 56.4 Å². The number of nitrogens with zero attached hydrogens (tertiary/aromatic N) is 3. The van der Waals surface area contributed by atoms with E-state index in [1.165, 1.54) is 39.7 Å². The monoisotopic (exact) mass is 621 g/mol. The third-order valence-corrected chi connectivity index (χ3v) is 8.45. The van der Waals surface area contributed by atoms with Crippen molar-refractivity contribution < 1.29 is 38.0 Å². The zero-order valence-electron chi connectivity index (χ0n) is 24.6. The van der Waals surface area contributed by atoms with Crippen molar-refractivity contribution in [2.24, 2.45) is 0 Å². The number of hydrogen-bond acceptors (Lipinski definition) is 11. The number of nitrogens with one attached hydrogen (secondary N) is 2. The molecule has 2 aliphatic rings. The molecule has 13 nitrogen and oxygen atoms in total. The van der Waals surface area contributed by atoms with Crippen LogP contribution in [0.4, 0.5) is 27.7 Å². The van der Waals surface area contributed by atoms with Crippen molar-refractivity contribution in [1.82, 2.24) is 9.97 Å². The number of amides is 3. The fraction of sp³-hybridized carbons (Fsp3) is 0.333. The number of thiophene rings is 1. The van der Waals surface area contributed by atoms with Gasteiger partial charge in [-0.25, -0.2) is 19.7 Å². The summed E-state index contributed by atoms with van der Waals surface area (Å²) >= 11 is 1.14. The van der Waals surface area contributed by atoms with Crippen molar-refractivity contribution in [2.45, 2.75) is 25.4 Å². The van der Waals surface area contributed by atoms with E-state index in [0.717, 1.165) is 37.2 Å². The summed E-state index contributed by atoms with van der Waals surface area (Å²) in [6, 6.07) is 7.92. The largest absolute Gasteiger partial charge is 0.493 e. The van der Waals surface area contributed by atoms with Crippen molar-refractivity contribution in [3.8, 4) is 28.7 Å². The van der Waals surface area contributed by atoms with Gasteiger partial charge in [0.15, 0.2) is 28.8 Å². The van der Waals surface area contributed by atoms with Gasteiger partial charge in [-0.3, -0.25) is 4.79 Å². The fourth-order valence-electron chi connectivity index (χ4n) is 5.24. The minimum atomic E-state index is -0.524. The molecule has 2 N–H and O–H groups in total. The van der Waals surface area contributed by atoms with Gasteiger partial charge in [0.25, 0.3) is 5.91 Å². The Bertz CT molecular complexity index is 1700. The Hall–Kier alpha value is -4.82. The van der Waals surface area contributed by atoms with Crippen LogP contribution in [0.15, 0.2) is 36.7 Å². The van der Waals surface area contributed by atoms with E-state index in [9.17, 15) is 9.59 Å². The molecule has 0 radical (unpaired) electrons. The molecule has 4 aromatic rings. The Labute approximate surface area is 257 Å². The third-order valence-electron chi connectivity index (χ3n) is 7.35. The highest BCUT2D eigenvalue weighted by atomic mass is 32.1. The van der Waals surface area contributed by atoms with Crippen molar-refractivity contribution in [1.29, 1.82) is 0 Å². The lowest BCUT2D eigenvalue weighted by molar-refractivity contribution is -0.0114. The van der Waals surface area contributed by atoms with Gasteiger partial charge in [0.05, 0.1) is 51.3 Å². The topological polar surface area (TPSA) is 143 Å². The number of aromatic nitrogens is 2. The highest BCUT2D eigenvalue weighted by Crippen LogP contribution is 2.48. The molecule has 2 aromatic carbocycles. The lowest BCUT2D eigenvalue weighted by Gasteiger charge is -2.28. The summed E-state index contributed by atoms with van der Waals surface area (Å²) in [7, 11) is 6.02. The quantitative estimate of drug-likeness (QED) is 0.229. The lowest BCUT2D eigenvalue weighted by Crippen LogP contribution is -2.35. The number of carbonyl (C=O) groups excluding carboxylic acids is 2. The highest BCUT2D eigenvalue weighted by Gasteiger charge is 2.35. The maximum absolute atomic E-state index is 13.6. The van der Waals surface area contributed by atoms with Crippen LogP contribution in [0.3, 0.4) is 0 Å². The fourth-order valence-corrected chi connectivity index (χ4v) is 6.22. The van der Waals surface area contributed by atoms with Gasteiger partial charge >= 0.3 is 6.03 Å². The molecule has 230 valence electrons. The van der Waals surface area contributed by atoms with E-state index >= 15 is 0 Å². The SMILES string of the molecule is COc1cc(NC(=O)c2sc3ncnc4c3c2NC(=O)N4c2cc(OC)c(OC)c(OC)c2)ccc1OCC1CCCCO1. The standard InChI is InChI=1S/C30H31N5O8S/c1-38-20-11-16(8-9-19(20)43-14-18-7-5-6-10-42-18)33-28(36)26-24-23-27(31-15-32-29(23)44-26)35(30(37)34-24)17-12-21(39-2)25(41-4)22(13-17)40-3/h8-9,11-13,15,18H,5-7,10,14H2,1-4H3,(H,33,36)(H,34,37). The van der Waals surface area contributed by atoms with Crippen LogP contribution in [0.25, 0.3) is 10.2 Å². The molecule has 1 saturated heterocycles. The Morgan fingerprint density at radius 1 is 1.02 bits per heavy atom. The number of carbonyl (C=O) groups is 2. The third kappa shape index (κ3) is 5.37. The number of rotatable bonds is 10. The van der Waals surface area contributed by atoms with Crippen molar-refractivity contribution in [3.63, 3.8) is 0 Å². The molecule has 44 heavy (non-hydrogen) atoms. The van der Waals surface area contributed by atoms with Gasteiger partial charge < -0.3 is 39.1 Å². The molecule has 6 rings (SSSR count). The number of methoxy groups -OCH3 is 4. The van der Waals surface area contributed by atoms with Crippen LogP contribution < -0.4 is 39.2 Å². The summed E-state index contributed by atoms with van der Waals surface area (Å²) in [6.45, 7) is 1.16. The number of urea groups is 1. The molecule has 0 bridgehead atoms. The molecule has 1 atom stereocenters. The summed E-state index contributed by atoms with van der Waals surface area (Å²) < 4.78 is 33.6. The number of hydrogen-bond donors (Lipinski definition) is 2. The second-order valence-corrected chi connectivity index (χ2v) is 11.0. The maximum atomic E-state index is 13.6. The van der Waals surface area contributed by atoms with Gasteiger partial charge in [0.1, 0.15) is 22.6 Å². The molecular weight excluding hydrogens is 590 g/mol. The molecule has 2 aliphatic heterocycles. The van der Waals surface area contributed by atoms with Gasteiger partial charge in [-0.15, -0.1) is 11.3 Å². The Balaban J connectivity index is 1.28. The molecule has 4 heterocycles. The minimum absolute atomic E-state index is 0.0469. The first-order valence-corrected chi connectivity index (χ1v) is 14.7.